The molecule has 0 aromatic heterocycles. The zero-order valence-electron chi connectivity index (χ0n) is 11.1. The molecule has 0 aliphatic carbocycles. The summed E-state index contributed by atoms with van der Waals surface area (Å²) < 4.78 is 0.692. The number of hydrogen-bond donors (Lipinski definition) is 2. The first kappa shape index (κ1) is 14.9. The minimum atomic E-state index is -0.182. The number of amides is 1. The number of rotatable bonds is 2. The molecule has 3 nitrogen and oxygen atoms in total. The second-order valence-corrected chi connectivity index (χ2v) is 5.87. The highest BCUT2D eigenvalue weighted by atomic mass is 79.9. The van der Waals surface area contributed by atoms with Gasteiger partial charge in [0.2, 0.25) is 0 Å². The second kappa shape index (κ2) is 5.85. The van der Waals surface area contributed by atoms with Gasteiger partial charge in [0.1, 0.15) is 0 Å². The molecule has 0 bridgehead atoms. The van der Waals surface area contributed by atoms with Gasteiger partial charge in [-0.25, -0.2) is 0 Å². The number of aryl methyl sites for hydroxylation is 2. The Hall–Kier alpha value is -1.52. The number of anilines is 2. The van der Waals surface area contributed by atoms with Crippen LogP contribution in [-0.4, -0.2) is 5.91 Å². The largest absolute Gasteiger partial charge is 0.399 e. The van der Waals surface area contributed by atoms with Crippen molar-refractivity contribution in [2.45, 2.75) is 13.8 Å². The van der Waals surface area contributed by atoms with Crippen molar-refractivity contribution in [2.75, 3.05) is 11.1 Å². The summed E-state index contributed by atoms with van der Waals surface area (Å²) in [5.74, 6) is -0.182. The third-order valence-corrected chi connectivity index (χ3v) is 4.19. The minimum Gasteiger partial charge on any atom is -0.399 e. The Bertz CT molecular complexity index is 663. The molecule has 0 heterocycles. The van der Waals surface area contributed by atoms with Crippen LogP contribution in [-0.2, 0) is 0 Å². The standard InChI is InChI=1S/C15H14BrClN2O/c1-8-5-11(18)6-9(2)14(8)19-15(20)10-3-4-13(17)12(16)7-10/h3-7H,18H2,1-2H3,(H,19,20). The van der Waals surface area contributed by atoms with Crippen molar-refractivity contribution in [1.82, 2.24) is 0 Å². The summed E-state index contributed by atoms with van der Waals surface area (Å²) in [5.41, 5.74) is 9.65. The van der Waals surface area contributed by atoms with E-state index in [0.29, 0.717) is 20.7 Å². The second-order valence-electron chi connectivity index (χ2n) is 4.61. The van der Waals surface area contributed by atoms with Gasteiger partial charge in [-0.1, -0.05) is 11.6 Å². The summed E-state index contributed by atoms with van der Waals surface area (Å²) in [4.78, 5) is 12.3. The first-order valence-electron chi connectivity index (χ1n) is 6.01. The zero-order chi connectivity index (χ0) is 14.9. The maximum atomic E-state index is 12.3. The SMILES string of the molecule is Cc1cc(N)cc(C)c1NC(=O)c1ccc(Cl)c(Br)c1. The molecule has 0 saturated heterocycles. The summed E-state index contributed by atoms with van der Waals surface area (Å²) >= 11 is 9.23. The number of hydrogen-bond acceptors (Lipinski definition) is 2. The average Bonchev–Trinajstić information content (AvgIpc) is 2.36. The topological polar surface area (TPSA) is 55.1 Å². The van der Waals surface area contributed by atoms with Crippen LogP contribution in [0.5, 0.6) is 0 Å². The minimum absolute atomic E-state index is 0.182. The van der Waals surface area contributed by atoms with Crippen molar-refractivity contribution in [3.8, 4) is 0 Å². The van der Waals surface area contributed by atoms with Gasteiger partial charge in [-0.3, -0.25) is 4.79 Å². The van der Waals surface area contributed by atoms with Crippen LogP contribution in [0.4, 0.5) is 11.4 Å². The molecule has 3 N–H and O–H groups in total. The van der Waals surface area contributed by atoms with Crippen LogP contribution in [0.25, 0.3) is 0 Å². The van der Waals surface area contributed by atoms with Gasteiger partial charge in [0.15, 0.2) is 0 Å². The normalized spacial score (nSPS) is 10.4. The molecule has 1 amide bonds. The Morgan fingerprint density at radius 1 is 1.20 bits per heavy atom. The van der Waals surface area contributed by atoms with Crippen LogP contribution in [0.2, 0.25) is 5.02 Å². The molecule has 5 heteroatoms. The van der Waals surface area contributed by atoms with E-state index in [9.17, 15) is 4.79 Å². The molecule has 0 aliphatic rings. The third kappa shape index (κ3) is 3.14. The molecule has 0 radical (unpaired) electrons. The molecule has 0 fully saturated rings. The lowest BCUT2D eigenvalue weighted by molar-refractivity contribution is 0.102. The lowest BCUT2D eigenvalue weighted by Crippen LogP contribution is -2.14. The fourth-order valence-electron chi connectivity index (χ4n) is 2.02. The van der Waals surface area contributed by atoms with Crippen LogP contribution in [0.15, 0.2) is 34.8 Å². The van der Waals surface area contributed by atoms with Gasteiger partial charge in [-0.2, -0.15) is 0 Å². The van der Waals surface area contributed by atoms with Gasteiger partial charge < -0.3 is 11.1 Å². The summed E-state index contributed by atoms with van der Waals surface area (Å²) in [7, 11) is 0. The summed E-state index contributed by atoms with van der Waals surface area (Å²) in [5, 5.41) is 3.48. The van der Waals surface area contributed by atoms with Gasteiger partial charge in [0, 0.05) is 21.4 Å². The van der Waals surface area contributed by atoms with E-state index in [1.165, 1.54) is 0 Å². The van der Waals surface area contributed by atoms with E-state index in [1.807, 2.05) is 26.0 Å². The van der Waals surface area contributed by atoms with Crippen molar-refractivity contribution in [1.29, 1.82) is 0 Å². The number of nitrogen functional groups attached to an aromatic ring is 1. The highest BCUT2D eigenvalue weighted by Crippen LogP contribution is 2.26. The van der Waals surface area contributed by atoms with Crippen LogP contribution in [0.3, 0.4) is 0 Å². The first-order chi connectivity index (χ1) is 9.38. The van der Waals surface area contributed by atoms with Crippen molar-refractivity contribution in [3.05, 3.63) is 56.5 Å². The van der Waals surface area contributed by atoms with Crippen LogP contribution < -0.4 is 11.1 Å². The smallest absolute Gasteiger partial charge is 0.255 e. The molecule has 2 rings (SSSR count). The molecule has 0 atom stereocenters. The van der Waals surface area contributed by atoms with Gasteiger partial charge in [0.25, 0.3) is 5.91 Å². The molecule has 20 heavy (non-hydrogen) atoms. The number of carbonyl (C=O) groups excluding carboxylic acids is 1. The highest BCUT2D eigenvalue weighted by molar-refractivity contribution is 9.10. The number of nitrogens with two attached hydrogens (primary N) is 1. The molecule has 0 saturated carbocycles. The van der Waals surface area contributed by atoms with E-state index in [4.69, 9.17) is 17.3 Å². The molecule has 2 aromatic carbocycles. The van der Waals surface area contributed by atoms with Gasteiger partial charge >= 0.3 is 0 Å². The lowest BCUT2D eigenvalue weighted by Gasteiger charge is -2.13. The first-order valence-corrected chi connectivity index (χ1v) is 7.18. The molecule has 104 valence electrons. The lowest BCUT2D eigenvalue weighted by atomic mass is 10.1. The van der Waals surface area contributed by atoms with Crippen LogP contribution in [0, 0.1) is 13.8 Å². The maximum absolute atomic E-state index is 12.3. The number of carbonyl (C=O) groups is 1. The van der Waals surface area contributed by atoms with Crippen LogP contribution in [0.1, 0.15) is 21.5 Å². The molecule has 0 aliphatic heterocycles. The Labute approximate surface area is 131 Å². The van der Waals surface area contributed by atoms with E-state index in [1.54, 1.807) is 18.2 Å². The van der Waals surface area contributed by atoms with Crippen LogP contribution >= 0.6 is 27.5 Å². The van der Waals surface area contributed by atoms with Crippen molar-refractivity contribution in [3.63, 3.8) is 0 Å². The zero-order valence-corrected chi connectivity index (χ0v) is 13.5. The Kier molecular flexibility index (Phi) is 4.35. The van der Waals surface area contributed by atoms with E-state index >= 15 is 0 Å². The van der Waals surface area contributed by atoms with E-state index in [0.717, 1.165) is 16.8 Å². The predicted molar refractivity (Wildman–Crippen MR) is 87.4 cm³/mol. The quantitative estimate of drug-likeness (QED) is 0.778. The predicted octanol–water partition coefficient (Wildman–Crippen LogP) is 4.55. The van der Waals surface area contributed by atoms with E-state index in [2.05, 4.69) is 21.2 Å². The molecular formula is C15H14BrClN2O. The summed E-state index contributed by atoms with van der Waals surface area (Å²) in [6.45, 7) is 3.83. The van der Waals surface area contributed by atoms with Gasteiger partial charge in [-0.15, -0.1) is 0 Å². The highest BCUT2D eigenvalue weighted by Gasteiger charge is 2.11. The summed E-state index contributed by atoms with van der Waals surface area (Å²) in [6, 6.07) is 8.73. The van der Waals surface area contributed by atoms with Crippen molar-refractivity contribution >= 4 is 44.8 Å². The van der Waals surface area contributed by atoms with E-state index < -0.39 is 0 Å². The monoisotopic (exact) mass is 352 g/mol. The maximum Gasteiger partial charge on any atom is 0.255 e. The van der Waals surface area contributed by atoms with Crippen molar-refractivity contribution < 1.29 is 4.79 Å². The number of halogens is 2. The molecule has 2 aromatic rings. The van der Waals surface area contributed by atoms with Gasteiger partial charge in [-0.05, 0) is 71.2 Å². The Morgan fingerprint density at radius 3 is 2.35 bits per heavy atom. The van der Waals surface area contributed by atoms with Crippen molar-refractivity contribution in [2.24, 2.45) is 0 Å². The Morgan fingerprint density at radius 2 is 1.80 bits per heavy atom. The Balaban J connectivity index is 2.30. The molecule has 0 unspecified atom stereocenters. The third-order valence-electron chi connectivity index (χ3n) is 2.98. The fraction of sp³-hybridized carbons (Fsp3) is 0.133. The molecule has 0 spiro atoms. The fourth-order valence-corrected chi connectivity index (χ4v) is 2.51. The number of benzene rings is 2. The van der Waals surface area contributed by atoms with E-state index in [-0.39, 0.29) is 5.91 Å². The van der Waals surface area contributed by atoms with Gasteiger partial charge in [0.05, 0.1) is 5.02 Å². The average molecular weight is 354 g/mol. The number of nitrogens with one attached hydrogen (secondary N) is 1. The molecular weight excluding hydrogens is 340 g/mol. The summed E-state index contributed by atoms with van der Waals surface area (Å²) in [6.07, 6.45) is 0.